The van der Waals surface area contributed by atoms with Gasteiger partial charge in [0, 0.05) is 11.8 Å². The molecular formula is C30H28N6O3. The minimum Gasteiger partial charge on any atom is -0.465 e. The van der Waals surface area contributed by atoms with Crippen LogP contribution in [0.25, 0.3) is 28.1 Å². The molecule has 0 saturated heterocycles. The summed E-state index contributed by atoms with van der Waals surface area (Å²) >= 11 is 0. The van der Waals surface area contributed by atoms with E-state index in [-0.39, 0.29) is 11.3 Å². The van der Waals surface area contributed by atoms with Gasteiger partial charge in [-0.05, 0) is 71.6 Å². The Kier molecular flexibility index (Phi) is 6.57. The van der Waals surface area contributed by atoms with Gasteiger partial charge in [-0.2, -0.15) is 0 Å². The zero-order valence-corrected chi connectivity index (χ0v) is 22.1. The van der Waals surface area contributed by atoms with Gasteiger partial charge in [0.25, 0.3) is 5.91 Å². The molecule has 0 fully saturated rings. The van der Waals surface area contributed by atoms with Crippen molar-refractivity contribution in [2.24, 2.45) is 0 Å². The molecule has 196 valence electrons. The number of carbonyl (C=O) groups excluding carboxylic acids is 2. The summed E-state index contributed by atoms with van der Waals surface area (Å²) in [6.07, 6.45) is 3.32. The maximum atomic E-state index is 12.8. The van der Waals surface area contributed by atoms with E-state index in [0.717, 1.165) is 22.3 Å². The summed E-state index contributed by atoms with van der Waals surface area (Å²) in [6, 6.07) is 19.7. The largest absolute Gasteiger partial charge is 0.465 e. The van der Waals surface area contributed by atoms with Crippen LogP contribution in [0.15, 0.2) is 79.1 Å². The second kappa shape index (κ2) is 10.0. The zero-order valence-electron chi connectivity index (χ0n) is 22.1. The number of esters is 1. The molecule has 2 aromatic carbocycles. The third-order valence-corrected chi connectivity index (χ3v) is 6.42. The molecule has 9 nitrogen and oxygen atoms in total. The predicted octanol–water partition coefficient (Wildman–Crippen LogP) is 5.40. The number of ether oxygens (including phenoxy) is 1. The van der Waals surface area contributed by atoms with Gasteiger partial charge in [0.05, 0.1) is 41.2 Å². The summed E-state index contributed by atoms with van der Waals surface area (Å²) < 4.78 is 6.70. The average Bonchev–Trinajstić information content (AvgIpc) is 3.31. The number of methoxy groups -OCH3 is 1. The topological polar surface area (TPSA) is 125 Å². The fourth-order valence-electron chi connectivity index (χ4n) is 4.25. The number of rotatable bonds is 5. The molecule has 1 amide bonds. The molecule has 5 aromatic rings. The predicted molar refractivity (Wildman–Crippen MR) is 151 cm³/mol. The SMILES string of the molecule is COC(=O)c1ccc(C(=O)Nc2ccc(-n3c(-c4cccnc4N)nc4ccc(C(C)(C)C)cc43)cn2)cc1. The van der Waals surface area contributed by atoms with Crippen LogP contribution in [0.5, 0.6) is 0 Å². The van der Waals surface area contributed by atoms with Gasteiger partial charge in [-0.25, -0.2) is 19.7 Å². The summed E-state index contributed by atoms with van der Waals surface area (Å²) in [5, 5.41) is 2.79. The van der Waals surface area contributed by atoms with E-state index in [1.807, 2.05) is 28.8 Å². The number of nitrogens with zero attached hydrogens (tertiary/aromatic N) is 4. The number of imidazole rings is 1. The Bertz CT molecular complexity index is 1680. The van der Waals surface area contributed by atoms with E-state index in [2.05, 4.69) is 48.2 Å². The average molecular weight is 521 g/mol. The molecule has 0 saturated carbocycles. The van der Waals surface area contributed by atoms with E-state index in [1.54, 1.807) is 42.7 Å². The summed E-state index contributed by atoms with van der Waals surface area (Å²) in [5.41, 5.74) is 11.3. The van der Waals surface area contributed by atoms with E-state index >= 15 is 0 Å². The van der Waals surface area contributed by atoms with Gasteiger partial charge < -0.3 is 15.8 Å². The van der Waals surface area contributed by atoms with E-state index in [9.17, 15) is 9.59 Å². The van der Waals surface area contributed by atoms with Crippen molar-refractivity contribution in [3.8, 4) is 17.1 Å². The number of anilines is 2. The Labute approximate surface area is 225 Å². The Morgan fingerprint density at radius 1 is 0.949 bits per heavy atom. The normalized spacial score (nSPS) is 11.4. The number of nitrogens with one attached hydrogen (secondary N) is 1. The first-order chi connectivity index (χ1) is 18.7. The van der Waals surface area contributed by atoms with Crippen LogP contribution in [-0.4, -0.2) is 38.5 Å². The second-order valence-electron chi connectivity index (χ2n) is 10.1. The molecule has 5 rings (SSSR count). The molecule has 39 heavy (non-hydrogen) atoms. The van der Waals surface area contributed by atoms with Gasteiger partial charge in [0.1, 0.15) is 17.5 Å². The number of nitrogen functional groups attached to an aromatic ring is 1. The first kappa shape index (κ1) is 25.6. The van der Waals surface area contributed by atoms with Crippen molar-refractivity contribution in [3.63, 3.8) is 0 Å². The number of pyridine rings is 2. The summed E-state index contributed by atoms with van der Waals surface area (Å²) in [4.78, 5) is 38.0. The Morgan fingerprint density at radius 3 is 2.33 bits per heavy atom. The molecule has 0 radical (unpaired) electrons. The van der Waals surface area contributed by atoms with Crippen molar-refractivity contribution >= 4 is 34.5 Å². The molecule has 0 aliphatic carbocycles. The van der Waals surface area contributed by atoms with Crippen LogP contribution in [0, 0.1) is 0 Å². The second-order valence-corrected chi connectivity index (χ2v) is 10.1. The lowest BCUT2D eigenvalue weighted by molar-refractivity contribution is 0.0600. The highest BCUT2D eigenvalue weighted by molar-refractivity contribution is 6.04. The van der Waals surface area contributed by atoms with Crippen molar-refractivity contribution < 1.29 is 14.3 Å². The van der Waals surface area contributed by atoms with Crippen molar-refractivity contribution in [3.05, 3.63) is 95.8 Å². The van der Waals surface area contributed by atoms with Crippen molar-refractivity contribution in [2.75, 3.05) is 18.2 Å². The quantitative estimate of drug-likeness (QED) is 0.297. The number of aromatic nitrogens is 4. The van der Waals surface area contributed by atoms with Crippen LogP contribution in [0.1, 0.15) is 47.1 Å². The minimum atomic E-state index is -0.465. The van der Waals surface area contributed by atoms with Crippen molar-refractivity contribution in [1.82, 2.24) is 19.5 Å². The molecule has 9 heteroatoms. The smallest absolute Gasteiger partial charge is 0.337 e. The Morgan fingerprint density at radius 2 is 1.69 bits per heavy atom. The molecule has 0 bridgehead atoms. The molecule has 3 aromatic heterocycles. The van der Waals surface area contributed by atoms with E-state index in [4.69, 9.17) is 15.5 Å². The molecule has 0 unspecified atom stereocenters. The molecule has 0 atom stereocenters. The van der Waals surface area contributed by atoms with Gasteiger partial charge >= 0.3 is 5.97 Å². The van der Waals surface area contributed by atoms with E-state index in [1.165, 1.54) is 7.11 Å². The highest BCUT2D eigenvalue weighted by Crippen LogP contribution is 2.33. The lowest BCUT2D eigenvalue weighted by Gasteiger charge is -2.19. The molecule has 0 aliphatic rings. The van der Waals surface area contributed by atoms with Gasteiger partial charge in [0.2, 0.25) is 0 Å². The van der Waals surface area contributed by atoms with Crippen LogP contribution < -0.4 is 11.1 Å². The summed E-state index contributed by atoms with van der Waals surface area (Å²) in [6.45, 7) is 6.49. The van der Waals surface area contributed by atoms with Crippen LogP contribution in [0.2, 0.25) is 0 Å². The van der Waals surface area contributed by atoms with E-state index in [0.29, 0.717) is 34.2 Å². The standard InChI is InChI=1S/C30H28N6O3/c1-30(2,3)20-11-13-23-24(16-20)36(27(34-23)22-6-5-15-32-26(22)31)21-12-14-25(33-17-21)35-28(37)18-7-9-19(10-8-18)29(38)39-4/h5-17H,1-4H3,(H2,31,32)(H,33,35,37). The highest BCUT2D eigenvalue weighted by atomic mass is 16.5. The molecular weight excluding hydrogens is 492 g/mol. The fourth-order valence-corrected chi connectivity index (χ4v) is 4.25. The van der Waals surface area contributed by atoms with Gasteiger partial charge in [-0.1, -0.05) is 26.8 Å². The summed E-state index contributed by atoms with van der Waals surface area (Å²) in [5.74, 6) is 0.584. The van der Waals surface area contributed by atoms with Gasteiger partial charge in [-0.3, -0.25) is 9.36 Å². The fraction of sp³-hybridized carbons (Fsp3) is 0.167. The first-order valence-electron chi connectivity index (χ1n) is 12.4. The maximum absolute atomic E-state index is 12.8. The number of fused-ring (bicyclic) bond motifs is 1. The van der Waals surface area contributed by atoms with Gasteiger partial charge in [-0.15, -0.1) is 0 Å². The molecule has 0 aliphatic heterocycles. The third-order valence-electron chi connectivity index (χ3n) is 6.42. The first-order valence-corrected chi connectivity index (χ1v) is 12.4. The summed E-state index contributed by atoms with van der Waals surface area (Å²) in [7, 11) is 1.31. The monoisotopic (exact) mass is 520 g/mol. The maximum Gasteiger partial charge on any atom is 0.337 e. The van der Waals surface area contributed by atoms with Crippen molar-refractivity contribution in [2.45, 2.75) is 26.2 Å². The highest BCUT2D eigenvalue weighted by Gasteiger charge is 2.20. The Hall–Kier alpha value is -5.05. The zero-order chi connectivity index (χ0) is 27.7. The number of carbonyl (C=O) groups is 2. The van der Waals surface area contributed by atoms with Gasteiger partial charge in [0.15, 0.2) is 0 Å². The number of nitrogens with two attached hydrogens (primary N) is 1. The molecule has 3 N–H and O–H groups in total. The van der Waals surface area contributed by atoms with Crippen LogP contribution in [0.3, 0.4) is 0 Å². The van der Waals surface area contributed by atoms with E-state index < -0.39 is 5.97 Å². The number of hydrogen-bond donors (Lipinski definition) is 2. The van der Waals surface area contributed by atoms with Crippen LogP contribution in [-0.2, 0) is 10.2 Å². The third kappa shape index (κ3) is 5.06. The van der Waals surface area contributed by atoms with Crippen LogP contribution in [0.4, 0.5) is 11.6 Å². The van der Waals surface area contributed by atoms with Crippen LogP contribution >= 0.6 is 0 Å². The van der Waals surface area contributed by atoms with Crippen molar-refractivity contribution in [1.29, 1.82) is 0 Å². The molecule has 0 spiro atoms. The Balaban J connectivity index is 1.51. The number of benzene rings is 2. The lowest BCUT2D eigenvalue weighted by atomic mass is 9.87. The number of hydrogen-bond acceptors (Lipinski definition) is 7. The minimum absolute atomic E-state index is 0.0573. The number of amides is 1. The lowest BCUT2D eigenvalue weighted by Crippen LogP contribution is -2.13. The molecule has 3 heterocycles.